The number of ether oxygens (including phenoxy) is 1. The van der Waals surface area contributed by atoms with Crippen LogP contribution in [-0.2, 0) is 4.79 Å². The second-order valence-corrected chi connectivity index (χ2v) is 11.0. The van der Waals surface area contributed by atoms with Crippen LogP contribution < -0.4 is 20.3 Å². The number of piperidine rings is 1. The minimum Gasteiger partial charge on any atom is -0.437 e. The third-order valence-corrected chi connectivity index (χ3v) is 8.09. The number of rotatable bonds is 7. The molecule has 0 saturated carbocycles. The third-order valence-electron chi connectivity index (χ3n) is 8.09. The van der Waals surface area contributed by atoms with Gasteiger partial charge in [-0.2, -0.15) is 0 Å². The lowest BCUT2D eigenvalue weighted by Crippen LogP contribution is -2.42. The molecule has 3 atom stereocenters. The van der Waals surface area contributed by atoms with Gasteiger partial charge in [0.05, 0.1) is 16.9 Å². The lowest BCUT2D eigenvalue weighted by atomic mass is 9.98. The topological polar surface area (TPSA) is 92.3 Å². The van der Waals surface area contributed by atoms with Crippen LogP contribution in [0.5, 0.6) is 11.6 Å². The Bertz CT molecular complexity index is 1540. The van der Waals surface area contributed by atoms with E-state index < -0.39 is 0 Å². The van der Waals surface area contributed by atoms with Crippen molar-refractivity contribution in [3.8, 4) is 22.9 Å². The zero-order chi connectivity index (χ0) is 27.6. The van der Waals surface area contributed by atoms with Crippen molar-refractivity contribution in [3.63, 3.8) is 0 Å². The summed E-state index contributed by atoms with van der Waals surface area (Å²) < 4.78 is 6.59. The number of carbonyl (C=O) groups excluding carboxylic acids is 1. The highest BCUT2D eigenvalue weighted by Crippen LogP contribution is 2.40. The third kappa shape index (κ3) is 5.11. The lowest BCUT2D eigenvalue weighted by molar-refractivity contribution is -0.120. The van der Waals surface area contributed by atoms with E-state index in [2.05, 4.69) is 40.5 Å². The van der Waals surface area contributed by atoms with Gasteiger partial charge < -0.3 is 20.3 Å². The van der Waals surface area contributed by atoms with Gasteiger partial charge in [-0.05, 0) is 68.5 Å². The molecule has 8 nitrogen and oxygen atoms in total. The minimum absolute atomic E-state index is 0.0949. The van der Waals surface area contributed by atoms with Crippen LogP contribution in [0.3, 0.4) is 0 Å². The summed E-state index contributed by atoms with van der Waals surface area (Å²) in [6.45, 7) is 9.04. The van der Waals surface area contributed by atoms with Crippen molar-refractivity contribution >= 4 is 28.3 Å². The molecular weight excluding hydrogens is 500 g/mol. The molecule has 2 aromatic heterocycles. The van der Waals surface area contributed by atoms with Crippen LogP contribution >= 0.6 is 0 Å². The molecule has 2 fully saturated rings. The Labute approximate surface area is 235 Å². The Kier molecular flexibility index (Phi) is 7.34. The molecule has 6 rings (SSSR count). The van der Waals surface area contributed by atoms with E-state index in [1.165, 1.54) is 0 Å². The largest absolute Gasteiger partial charge is 0.437 e. The smallest absolute Gasteiger partial charge is 0.230 e. The van der Waals surface area contributed by atoms with Crippen LogP contribution in [0, 0.1) is 18.8 Å². The first kappa shape index (κ1) is 26.2. The summed E-state index contributed by atoms with van der Waals surface area (Å²) in [4.78, 5) is 28.9. The van der Waals surface area contributed by atoms with E-state index in [1.54, 1.807) is 12.4 Å². The Morgan fingerprint density at radius 2 is 1.95 bits per heavy atom. The molecule has 4 heterocycles. The first-order chi connectivity index (χ1) is 19.5. The molecule has 2 N–H and O–H groups in total. The first-order valence-electron chi connectivity index (χ1n) is 14.3. The Balaban J connectivity index is 1.33. The van der Waals surface area contributed by atoms with Crippen LogP contribution in [0.25, 0.3) is 22.0 Å². The molecule has 206 valence electrons. The molecule has 2 aromatic carbocycles. The van der Waals surface area contributed by atoms with E-state index in [0.29, 0.717) is 17.7 Å². The van der Waals surface area contributed by atoms with Crippen molar-refractivity contribution in [3.05, 3.63) is 66.5 Å². The molecule has 2 aliphatic rings. The molecule has 8 heteroatoms. The molecular formula is C32H36N6O2. The number of benzene rings is 2. The molecule has 1 unspecified atom stereocenters. The predicted molar refractivity (Wildman–Crippen MR) is 159 cm³/mol. The van der Waals surface area contributed by atoms with Gasteiger partial charge in [0.15, 0.2) is 0 Å². The maximum Gasteiger partial charge on any atom is 0.230 e. The number of aryl methyl sites for hydroxylation is 1. The number of aromatic nitrogens is 3. The highest BCUT2D eigenvalue weighted by Gasteiger charge is 2.32. The summed E-state index contributed by atoms with van der Waals surface area (Å²) in [6.07, 6.45) is 6.34. The second kappa shape index (κ2) is 11.2. The number of fused-ring (bicyclic) bond motifs is 1. The summed E-state index contributed by atoms with van der Waals surface area (Å²) in [5.41, 5.74) is 3.45. The van der Waals surface area contributed by atoms with E-state index >= 15 is 0 Å². The maximum atomic E-state index is 13.1. The Morgan fingerprint density at radius 3 is 2.77 bits per heavy atom. The highest BCUT2D eigenvalue weighted by atomic mass is 16.5. The van der Waals surface area contributed by atoms with Crippen molar-refractivity contribution in [1.29, 1.82) is 0 Å². The fraction of sp³-hybridized carbons (Fsp3) is 0.375. The maximum absolute atomic E-state index is 13.1. The van der Waals surface area contributed by atoms with Gasteiger partial charge in [0, 0.05) is 48.2 Å². The number of hydrogen-bond donors (Lipinski definition) is 2. The van der Waals surface area contributed by atoms with Crippen molar-refractivity contribution in [2.45, 2.75) is 46.1 Å². The van der Waals surface area contributed by atoms with Gasteiger partial charge in [-0.1, -0.05) is 38.1 Å². The highest BCUT2D eigenvalue weighted by molar-refractivity contribution is 6.07. The van der Waals surface area contributed by atoms with Crippen LogP contribution in [0.4, 0.5) is 11.6 Å². The monoisotopic (exact) mass is 536 g/mol. The van der Waals surface area contributed by atoms with Crippen LogP contribution in [0.1, 0.15) is 38.7 Å². The summed E-state index contributed by atoms with van der Waals surface area (Å²) in [5, 5.41) is 8.90. The summed E-state index contributed by atoms with van der Waals surface area (Å²) in [7, 11) is 0. The first-order valence-corrected chi connectivity index (χ1v) is 14.3. The Morgan fingerprint density at radius 1 is 1.05 bits per heavy atom. The molecule has 4 aromatic rings. The van der Waals surface area contributed by atoms with Gasteiger partial charge in [0.1, 0.15) is 5.75 Å². The van der Waals surface area contributed by atoms with Gasteiger partial charge in [0.25, 0.3) is 0 Å². The Hall–Kier alpha value is -4.04. The van der Waals surface area contributed by atoms with Crippen LogP contribution in [-0.4, -0.2) is 46.5 Å². The van der Waals surface area contributed by atoms with E-state index in [9.17, 15) is 4.79 Å². The zero-order valence-electron chi connectivity index (χ0n) is 23.4. The molecule has 0 aliphatic carbocycles. The molecule has 0 spiro atoms. The van der Waals surface area contributed by atoms with E-state index in [4.69, 9.17) is 9.72 Å². The normalized spacial score (nSPS) is 21.1. The summed E-state index contributed by atoms with van der Waals surface area (Å²) >= 11 is 0. The number of carbonyl (C=O) groups is 1. The van der Waals surface area contributed by atoms with E-state index in [0.717, 1.165) is 77.9 Å². The van der Waals surface area contributed by atoms with Gasteiger partial charge in [-0.15, -0.1) is 0 Å². The van der Waals surface area contributed by atoms with Crippen molar-refractivity contribution in [2.24, 2.45) is 11.8 Å². The minimum atomic E-state index is 0.0949. The number of pyridine rings is 1. The molecule has 2 aliphatic heterocycles. The van der Waals surface area contributed by atoms with Crippen LogP contribution in [0.2, 0.25) is 0 Å². The van der Waals surface area contributed by atoms with Gasteiger partial charge in [-0.3, -0.25) is 4.79 Å². The molecule has 0 radical (unpaired) electrons. The molecule has 2 saturated heterocycles. The standard InChI is InChI=1S/C32H36N6O2/c1-4-22-13-16-38(31(22)39)28-9-5-7-25-24(28)11-10-21(3)29(25)40-30-26(8-6-14-34-30)27-12-15-35-32(37-27)36-23-17-20(2)18-33-19-23/h5-12,14-15,20,22-23,33H,4,13,16-19H2,1-3H3,(H,35,36,37)/t20-,22?,23+/m1/s1. The van der Waals surface area contributed by atoms with E-state index in [-0.39, 0.29) is 17.9 Å². The summed E-state index contributed by atoms with van der Waals surface area (Å²) in [5.74, 6) is 2.71. The van der Waals surface area contributed by atoms with Gasteiger partial charge in [0.2, 0.25) is 17.7 Å². The molecule has 0 bridgehead atoms. The molecule has 1 amide bonds. The van der Waals surface area contributed by atoms with Crippen LogP contribution in [0.15, 0.2) is 60.9 Å². The number of anilines is 2. The van der Waals surface area contributed by atoms with Crippen molar-refractivity contribution in [2.75, 3.05) is 29.9 Å². The average Bonchev–Trinajstić information content (AvgIpc) is 3.34. The van der Waals surface area contributed by atoms with Gasteiger partial charge >= 0.3 is 0 Å². The van der Waals surface area contributed by atoms with Gasteiger partial charge in [-0.25, -0.2) is 15.0 Å². The predicted octanol–water partition coefficient (Wildman–Crippen LogP) is 5.97. The lowest BCUT2D eigenvalue weighted by Gasteiger charge is -2.28. The fourth-order valence-corrected chi connectivity index (χ4v) is 5.94. The fourth-order valence-electron chi connectivity index (χ4n) is 5.94. The van der Waals surface area contributed by atoms with Crippen molar-refractivity contribution in [1.82, 2.24) is 20.3 Å². The SMILES string of the molecule is CCC1CCN(c2cccc3c(Oc4ncccc4-c4ccnc(N[C@@H]5CNC[C@H](C)C5)n4)c(C)ccc23)C1=O. The number of nitrogens with one attached hydrogen (secondary N) is 2. The zero-order valence-corrected chi connectivity index (χ0v) is 23.4. The number of amides is 1. The second-order valence-electron chi connectivity index (χ2n) is 11.0. The summed E-state index contributed by atoms with van der Waals surface area (Å²) in [6, 6.07) is 16.2. The quantitative estimate of drug-likeness (QED) is 0.301. The average molecular weight is 537 g/mol. The van der Waals surface area contributed by atoms with E-state index in [1.807, 2.05) is 54.3 Å². The molecule has 40 heavy (non-hydrogen) atoms. The van der Waals surface area contributed by atoms with Crippen molar-refractivity contribution < 1.29 is 9.53 Å². The number of nitrogens with zero attached hydrogens (tertiary/aromatic N) is 4. The number of hydrogen-bond acceptors (Lipinski definition) is 7.